The second-order valence-corrected chi connectivity index (χ2v) is 4.99. The van der Waals surface area contributed by atoms with Crippen molar-refractivity contribution in [3.05, 3.63) is 12.2 Å². The lowest BCUT2D eigenvalue weighted by Crippen LogP contribution is -2.26. The number of rotatable bonds is 7. The van der Waals surface area contributed by atoms with Crippen LogP contribution in [0.15, 0.2) is 12.2 Å². The summed E-state index contributed by atoms with van der Waals surface area (Å²) in [5, 5.41) is 8.55. The highest BCUT2D eigenvalue weighted by Gasteiger charge is 2.21. The first-order valence-electron chi connectivity index (χ1n) is 5.84. The summed E-state index contributed by atoms with van der Waals surface area (Å²) in [5.41, 5.74) is -0.00749. The number of esters is 1. The van der Waals surface area contributed by atoms with E-state index in [-0.39, 0.29) is 24.0 Å². The maximum Gasteiger partial charge on any atom is 0.334 e. The quantitative estimate of drug-likeness (QED) is 0.550. The molecule has 0 saturated carbocycles. The predicted molar refractivity (Wildman–Crippen MR) is 65.6 cm³/mol. The second kappa shape index (κ2) is 7.09. The number of ether oxygens (including phenoxy) is 1. The van der Waals surface area contributed by atoms with Gasteiger partial charge in [0.25, 0.3) is 0 Å². The zero-order valence-corrected chi connectivity index (χ0v) is 11.0. The molecule has 0 amide bonds. The molecule has 0 aromatic rings. The van der Waals surface area contributed by atoms with E-state index in [1.807, 2.05) is 13.8 Å². The maximum atomic E-state index is 11.6. The molecule has 17 heavy (non-hydrogen) atoms. The van der Waals surface area contributed by atoms with E-state index < -0.39 is 11.9 Å². The number of hydrogen-bond acceptors (Lipinski definition) is 3. The van der Waals surface area contributed by atoms with Gasteiger partial charge in [-0.05, 0) is 18.3 Å². The summed E-state index contributed by atoms with van der Waals surface area (Å²) in [6.07, 6.45) is 0.211. The Bertz CT molecular complexity index is 292. The topological polar surface area (TPSA) is 63.6 Å². The van der Waals surface area contributed by atoms with Crippen molar-refractivity contribution in [2.24, 2.45) is 11.8 Å². The highest BCUT2D eigenvalue weighted by Crippen LogP contribution is 2.18. The van der Waals surface area contributed by atoms with Crippen LogP contribution >= 0.6 is 0 Å². The summed E-state index contributed by atoms with van der Waals surface area (Å²) in [6.45, 7) is 11.5. The number of hydrogen-bond donors (Lipinski definition) is 1. The van der Waals surface area contributed by atoms with Crippen molar-refractivity contribution in [1.29, 1.82) is 0 Å². The van der Waals surface area contributed by atoms with E-state index in [1.54, 1.807) is 0 Å². The van der Waals surface area contributed by atoms with Crippen LogP contribution in [-0.2, 0) is 14.3 Å². The molecule has 4 heteroatoms. The van der Waals surface area contributed by atoms with Crippen LogP contribution in [0.3, 0.4) is 0 Å². The van der Waals surface area contributed by atoms with Crippen LogP contribution in [0.5, 0.6) is 0 Å². The van der Waals surface area contributed by atoms with Gasteiger partial charge in [-0.1, -0.05) is 34.3 Å². The van der Waals surface area contributed by atoms with Gasteiger partial charge >= 0.3 is 11.9 Å². The number of carboxylic acid groups (broad SMARTS) is 1. The van der Waals surface area contributed by atoms with Gasteiger partial charge in [0.2, 0.25) is 0 Å². The third-order valence-electron chi connectivity index (χ3n) is 2.36. The fourth-order valence-corrected chi connectivity index (χ4v) is 1.40. The third kappa shape index (κ3) is 6.76. The molecule has 0 aliphatic rings. The molecular formula is C13H22O4. The average molecular weight is 242 g/mol. The molecule has 1 atom stereocenters. The van der Waals surface area contributed by atoms with Crippen molar-refractivity contribution in [2.75, 3.05) is 0 Å². The summed E-state index contributed by atoms with van der Waals surface area (Å²) in [6, 6.07) is 0. The summed E-state index contributed by atoms with van der Waals surface area (Å²) in [7, 11) is 0. The van der Waals surface area contributed by atoms with E-state index in [0.29, 0.717) is 5.92 Å². The highest BCUT2D eigenvalue weighted by atomic mass is 16.5. The molecule has 1 N–H and O–H groups in total. The largest absolute Gasteiger partial charge is 0.481 e. The summed E-state index contributed by atoms with van der Waals surface area (Å²) < 4.78 is 5.28. The normalized spacial score (nSPS) is 12.6. The molecule has 0 aromatic heterocycles. The first-order valence-corrected chi connectivity index (χ1v) is 5.84. The molecule has 0 bridgehead atoms. The number of aliphatic carboxylic acids is 1. The molecular weight excluding hydrogens is 220 g/mol. The van der Waals surface area contributed by atoms with Gasteiger partial charge in [0.1, 0.15) is 6.10 Å². The van der Waals surface area contributed by atoms with Crippen LogP contribution in [0.4, 0.5) is 0 Å². The highest BCUT2D eigenvalue weighted by molar-refractivity contribution is 5.92. The molecule has 0 aromatic carbocycles. The number of carboxylic acids is 1. The van der Waals surface area contributed by atoms with E-state index in [0.717, 1.165) is 6.42 Å². The molecule has 4 nitrogen and oxygen atoms in total. The van der Waals surface area contributed by atoms with Crippen molar-refractivity contribution in [3.63, 3.8) is 0 Å². The summed E-state index contributed by atoms with van der Waals surface area (Å²) >= 11 is 0. The van der Waals surface area contributed by atoms with Gasteiger partial charge < -0.3 is 9.84 Å². The van der Waals surface area contributed by atoms with Crippen LogP contribution in [0.2, 0.25) is 0 Å². The fraction of sp³-hybridized carbons (Fsp3) is 0.692. The van der Waals surface area contributed by atoms with Crippen LogP contribution < -0.4 is 0 Å². The van der Waals surface area contributed by atoms with Crippen LogP contribution in [0, 0.1) is 11.8 Å². The van der Waals surface area contributed by atoms with Crippen LogP contribution in [0.25, 0.3) is 0 Å². The molecule has 98 valence electrons. The Morgan fingerprint density at radius 3 is 2.12 bits per heavy atom. The predicted octanol–water partition coefficient (Wildman–Crippen LogP) is 2.63. The molecule has 0 saturated heterocycles. The van der Waals surface area contributed by atoms with Crippen LogP contribution in [0.1, 0.15) is 40.5 Å². The molecule has 0 radical (unpaired) electrons. The Hall–Kier alpha value is -1.32. The third-order valence-corrected chi connectivity index (χ3v) is 2.36. The fourth-order valence-electron chi connectivity index (χ4n) is 1.40. The molecule has 0 aliphatic heterocycles. The smallest absolute Gasteiger partial charge is 0.334 e. The van der Waals surface area contributed by atoms with Gasteiger partial charge in [0.15, 0.2) is 0 Å². The lowest BCUT2D eigenvalue weighted by molar-refractivity contribution is -0.149. The monoisotopic (exact) mass is 242 g/mol. The number of carbonyl (C=O) groups is 2. The van der Waals surface area contributed by atoms with Crippen molar-refractivity contribution in [2.45, 2.75) is 46.6 Å². The van der Waals surface area contributed by atoms with E-state index in [4.69, 9.17) is 9.84 Å². The Kier molecular flexibility index (Phi) is 6.54. The maximum absolute atomic E-state index is 11.6. The summed E-state index contributed by atoms with van der Waals surface area (Å²) in [5.74, 6) is -1.05. The van der Waals surface area contributed by atoms with Crippen molar-refractivity contribution in [1.82, 2.24) is 0 Å². The van der Waals surface area contributed by atoms with Gasteiger partial charge in [0.05, 0.1) is 6.42 Å². The first-order chi connectivity index (χ1) is 7.73. The standard InChI is InChI=1S/C13H22O4/c1-8(2)6-11(9(3)4)17-13(16)10(5)7-12(14)15/h8-9,11H,5-7H2,1-4H3,(H,14,15). The Morgan fingerprint density at radius 1 is 1.24 bits per heavy atom. The van der Waals surface area contributed by atoms with E-state index in [1.165, 1.54) is 0 Å². The van der Waals surface area contributed by atoms with Crippen LogP contribution in [-0.4, -0.2) is 23.1 Å². The Balaban J connectivity index is 4.40. The second-order valence-electron chi connectivity index (χ2n) is 4.99. The minimum atomic E-state index is -1.07. The molecule has 0 rings (SSSR count). The number of carbonyl (C=O) groups excluding carboxylic acids is 1. The lowest BCUT2D eigenvalue weighted by Gasteiger charge is -2.23. The molecule has 0 fully saturated rings. The zero-order valence-electron chi connectivity index (χ0n) is 11.0. The van der Waals surface area contributed by atoms with Crippen molar-refractivity contribution < 1.29 is 19.4 Å². The first kappa shape index (κ1) is 15.7. The lowest BCUT2D eigenvalue weighted by atomic mass is 9.97. The summed E-state index contributed by atoms with van der Waals surface area (Å²) in [4.78, 5) is 22.0. The van der Waals surface area contributed by atoms with Gasteiger partial charge in [-0.2, -0.15) is 0 Å². The van der Waals surface area contributed by atoms with Crippen molar-refractivity contribution in [3.8, 4) is 0 Å². The molecule has 0 heterocycles. The van der Waals surface area contributed by atoms with E-state index >= 15 is 0 Å². The van der Waals surface area contributed by atoms with Gasteiger partial charge in [0, 0.05) is 5.57 Å². The zero-order chi connectivity index (χ0) is 13.6. The molecule has 0 spiro atoms. The van der Waals surface area contributed by atoms with Gasteiger partial charge in [-0.3, -0.25) is 4.79 Å². The van der Waals surface area contributed by atoms with Gasteiger partial charge in [-0.25, -0.2) is 4.79 Å². The minimum absolute atomic E-state index is 0.00749. The minimum Gasteiger partial charge on any atom is -0.481 e. The molecule has 1 unspecified atom stereocenters. The van der Waals surface area contributed by atoms with Gasteiger partial charge in [-0.15, -0.1) is 0 Å². The molecule has 0 aliphatic carbocycles. The van der Waals surface area contributed by atoms with Crippen molar-refractivity contribution >= 4 is 11.9 Å². The Morgan fingerprint density at radius 2 is 1.76 bits per heavy atom. The van der Waals surface area contributed by atoms with E-state index in [9.17, 15) is 9.59 Å². The SMILES string of the molecule is C=C(CC(=O)O)C(=O)OC(CC(C)C)C(C)C. The average Bonchev–Trinajstić information content (AvgIpc) is 2.14. The Labute approximate surface area is 103 Å². The van der Waals surface area contributed by atoms with E-state index in [2.05, 4.69) is 20.4 Å².